The van der Waals surface area contributed by atoms with Crippen molar-refractivity contribution in [3.05, 3.63) is 71.8 Å². The number of nitrogens with one attached hydrogen (secondary N) is 11. The lowest BCUT2D eigenvalue weighted by Crippen LogP contribution is -2.60. The Morgan fingerprint density at radius 2 is 0.932 bits per heavy atom. The van der Waals surface area contributed by atoms with Crippen molar-refractivity contribution in [1.82, 2.24) is 58.5 Å². The van der Waals surface area contributed by atoms with Crippen LogP contribution in [0.3, 0.4) is 0 Å². The lowest BCUT2D eigenvalue weighted by molar-refractivity contribution is -0.136. The summed E-state index contributed by atoms with van der Waals surface area (Å²) in [6.45, 7) is 1.99. The molecule has 0 aliphatic rings. The number of guanidine groups is 2. The Morgan fingerprint density at radius 3 is 1.45 bits per heavy atom. The van der Waals surface area contributed by atoms with Crippen LogP contribution in [0.4, 0.5) is 0 Å². The highest BCUT2D eigenvalue weighted by Crippen LogP contribution is 2.09. The lowest BCUT2D eigenvalue weighted by Gasteiger charge is -2.26. The van der Waals surface area contributed by atoms with Crippen LogP contribution in [0.25, 0.3) is 0 Å². The molecule has 2 rings (SSSR count). The molecule has 0 bridgehead atoms. The second-order valence-electron chi connectivity index (χ2n) is 20.6. The number of carbonyl (C=O) groups is 11. The quantitative estimate of drug-likeness (QED) is 0.0167. The van der Waals surface area contributed by atoms with E-state index in [-0.39, 0.29) is 89.1 Å². The Morgan fingerprint density at radius 1 is 0.477 bits per heavy atom. The van der Waals surface area contributed by atoms with Crippen molar-refractivity contribution in [3.8, 4) is 0 Å². The van der Waals surface area contributed by atoms with E-state index in [1.54, 1.807) is 30.3 Å². The van der Waals surface area contributed by atoms with Crippen molar-refractivity contribution >= 4 is 76.9 Å². The number of nitrogens with two attached hydrogens (primary N) is 7. The third-order valence-electron chi connectivity index (χ3n) is 13.0. The first kappa shape index (κ1) is 75.0. The molecule has 0 aliphatic carbocycles. The molecule has 33 heteroatoms. The van der Waals surface area contributed by atoms with Crippen LogP contribution in [0.1, 0.15) is 76.8 Å². The Kier molecular flexibility index (Phi) is 35.1. The maximum Gasteiger partial charge on any atom is 0.245 e. The lowest BCUT2D eigenvalue weighted by atomic mass is 10.0. The first-order chi connectivity index (χ1) is 41.7. The van der Waals surface area contributed by atoms with Crippen molar-refractivity contribution in [2.75, 3.05) is 52.4 Å². The predicted octanol–water partition coefficient (Wildman–Crippen LogP) is -8.37. The maximum absolute atomic E-state index is 14.0. The van der Waals surface area contributed by atoms with Gasteiger partial charge in [0, 0.05) is 32.1 Å². The van der Waals surface area contributed by atoms with Gasteiger partial charge in [-0.3, -0.25) is 62.7 Å². The first-order valence-corrected chi connectivity index (χ1v) is 28.6. The van der Waals surface area contributed by atoms with Crippen molar-refractivity contribution in [1.29, 1.82) is 0 Å². The maximum atomic E-state index is 14.0. The van der Waals surface area contributed by atoms with Crippen LogP contribution in [0.5, 0.6) is 0 Å². The highest BCUT2D eigenvalue weighted by atomic mass is 16.3. The normalized spacial score (nSPS) is 14.3. The minimum Gasteiger partial charge on any atom is -0.394 e. The number of nitrogens with zero attached hydrogens (tertiary/aromatic N) is 2. The van der Waals surface area contributed by atoms with Gasteiger partial charge < -0.3 is 109 Å². The molecule has 0 unspecified atom stereocenters. The molecule has 0 radical (unpaired) electrons. The molecule has 11 amide bonds. The van der Waals surface area contributed by atoms with E-state index < -0.39 is 139 Å². The van der Waals surface area contributed by atoms with Crippen molar-refractivity contribution in [2.45, 2.75) is 139 Å². The van der Waals surface area contributed by atoms with Gasteiger partial charge in [0.1, 0.15) is 48.3 Å². The van der Waals surface area contributed by atoms with Crippen molar-refractivity contribution in [2.24, 2.45) is 50.1 Å². The number of hydrogen-bond acceptors (Lipinski definition) is 18. The number of hydrogen-bond donors (Lipinski definition) is 20. The number of aliphatic hydroxyl groups is 2. The van der Waals surface area contributed by atoms with Gasteiger partial charge in [-0.1, -0.05) is 60.7 Å². The zero-order valence-corrected chi connectivity index (χ0v) is 49.9. The average molecular weight is 1240 g/mol. The Balaban J connectivity index is 2.12. The van der Waals surface area contributed by atoms with E-state index in [0.717, 1.165) is 5.56 Å². The molecular weight excluding hydrogens is 1150 g/mol. The van der Waals surface area contributed by atoms with E-state index >= 15 is 0 Å². The minimum atomic E-state index is -1.67. The fourth-order valence-electron chi connectivity index (χ4n) is 8.24. The van der Waals surface area contributed by atoms with Gasteiger partial charge in [0.05, 0.1) is 32.3 Å². The minimum absolute atomic E-state index is 0.00195. The molecular formula is C55H90N20O13. The van der Waals surface area contributed by atoms with Crippen LogP contribution in [-0.4, -0.2) is 200 Å². The number of unbranched alkanes of at least 4 members (excludes halogenated alkanes) is 1. The molecule has 27 N–H and O–H groups in total. The molecule has 0 spiro atoms. The van der Waals surface area contributed by atoms with E-state index in [2.05, 4.69) is 68.5 Å². The topological polar surface area (TPSA) is 567 Å². The first-order valence-electron chi connectivity index (χ1n) is 28.6. The second kappa shape index (κ2) is 41.1. The van der Waals surface area contributed by atoms with E-state index in [9.17, 15) is 63.0 Å². The highest BCUT2D eigenvalue weighted by Gasteiger charge is 2.34. The van der Waals surface area contributed by atoms with E-state index in [1.165, 1.54) is 20.8 Å². The summed E-state index contributed by atoms with van der Waals surface area (Å²) in [5.74, 6) is -10.0. The van der Waals surface area contributed by atoms with Crippen LogP contribution < -0.4 is 98.6 Å². The zero-order chi connectivity index (χ0) is 65.7. The smallest absolute Gasteiger partial charge is 0.245 e. The predicted molar refractivity (Wildman–Crippen MR) is 325 cm³/mol. The summed E-state index contributed by atoms with van der Waals surface area (Å²) in [5, 5.41) is 48.0. The van der Waals surface area contributed by atoms with Crippen LogP contribution in [0, 0.1) is 0 Å². The molecule has 2 aromatic rings. The van der Waals surface area contributed by atoms with Gasteiger partial charge in [0.15, 0.2) is 11.9 Å². The average Bonchev–Trinajstić information content (AvgIpc) is 2.81. The summed E-state index contributed by atoms with van der Waals surface area (Å²) in [5.41, 5.74) is 40.5. The van der Waals surface area contributed by atoms with E-state index in [0.29, 0.717) is 24.9 Å². The molecule has 33 nitrogen and oxygen atoms in total. The Hall–Kier alpha value is -9.05. The number of aliphatic imine (C=N–C) groups is 2. The summed E-state index contributed by atoms with van der Waals surface area (Å²) in [6.07, 6.45) is -0.107. The number of primary amides is 1. The monoisotopic (exact) mass is 1240 g/mol. The number of rotatable bonds is 42. The van der Waals surface area contributed by atoms with Gasteiger partial charge in [-0.2, -0.15) is 0 Å². The third-order valence-corrected chi connectivity index (χ3v) is 13.0. The summed E-state index contributed by atoms with van der Waals surface area (Å²) < 4.78 is 0. The molecule has 0 aromatic heterocycles. The van der Waals surface area contributed by atoms with Gasteiger partial charge in [0.25, 0.3) is 0 Å². The van der Waals surface area contributed by atoms with Gasteiger partial charge in [-0.15, -0.1) is 0 Å². The Labute approximate surface area is 510 Å². The van der Waals surface area contributed by atoms with E-state index in [4.69, 9.17) is 40.1 Å². The molecule has 0 aliphatic heterocycles. The number of carbonyl (C=O) groups excluding carboxylic acids is 11. The van der Waals surface area contributed by atoms with Gasteiger partial charge in [-0.05, 0) is 89.8 Å². The molecule has 10 atom stereocenters. The summed E-state index contributed by atoms with van der Waals surface area (Å²) in [6, 6.07) is 6.50. The standard InChI is InChI=1S/C55H90N20O13/c1-31(68-43(79)29-67-53(88)45(33(3)77)75-51(86)40(25-35-16-8-5-9-17-35)70-44(80)28-66-42(78)27-63-26-36(57)24-34-14-6-4-7-15-34)47(82)72-39(20-13-23-65-55(61)62)49(84)73-38(18-10-11-21-56)50(85)74-41(30-76)52(87)69-32(2)48(83)71-37(46(58)81)19-12-22-64-54(59)60/h4-9,14-17,31-33,36-41,45,63,76-77H,10-13,18-30,56-57H2,1-3H3,(H2,58,81)(H,66,78)(H,67,88)(H,68,79)(H,69,87)(H,70,80)(H,71,83)(H,72,82)(H,73,84)(H,74,85)(H,75,86)(H4,59,60,64)(H4,61,62,65)/t31-,32-,33+,36-,37-,38-,39-,40-,41-,45-/m0/s1. The molecule has 488 valence electrons. The van der Waals surface area contributed by atoms with Crippen molar-refractivity contribution in [3.63, 3.8) is 0 Å². The van der Waals surface area contributed by atoms with Crippen molar-refractivity contribution < 1.29 is 63.0 Å². The van der Waals surface area contributed by atoms with Gasteiger partial charge in [0.2, 0.25) is 65.0 Å². The molecule has 0 fully saturated rings. The molecule has 0 saturated heterocycles. The number of aliphatic hydroxyl groups excluding tert-OH is 2. The van der Waals surface area contributed by atoms with Crippen LogP contribution >= 0.6 is 0 Å². The molecule has 0 heterocycles. The van der Waals surface area contributed by atoms with Gasteiger partial charge in [-0.25, -0.2) is 0 Å². The van der Waals surface area contributed by atoms with Crippen LogP contribution in [0.15, 0.2) is 70.6 Å². The molecule has 0 saturated carbocycles. The highest BCUT2D eigenvalue weighted by molar-refractivity contribution is 5.98. The molecule has 2 aromatic carbocycles. The summed E-state index contributed by atoms with van der Waals surface area (Å²) in [7, 11) is 0. The fourth-order valence-corrected chi connectivity index (χ4v) is 8.24. The summed E-state index contributed by atoms with van der Waals surface area (Å²) >= 11 is 0. The van der Waals surface area contributed by atoms with E-state index in [1.807, 2.05) is 30.3 Å². The zero-order valence-electron chi connectivity index (χ0n) is 49.9. The number of benzene rings is 2. The Bertz CT molecular complexity index is 2650. The SMILES string of the molecule is C[C@H](NC(=O)CNC(=O)[C@@H](NC(=O)[C@H](Cc1ccccc1)NC(=O)CNC(=O)CNC[C@@H](N)Cc1ccccc1)[C@@H](C)O)C(=O)N[C@@H](CCCN=C(N)N)C(=O)N[C@@H](CCCCN)C(=O)N[C@@H](CO)C(=O)N[C@@H](C)C(=O)N[C@@H](CCCN=C(N)N)C(N)=O. The largest absolute Gasteiger partial charge is 0.394 e. The fraction of sp³-hybridized carbons (Fsp3) is 0.545. The van der Waals surface area contributed by atoms with Gasteiger partial charge >= 0.3 is 0 Å². The van der Waals surface area contributed by atoms with Crippen LogP contribution in [0.2, 0.25) is 0 Å². The third kappa shape index (κ3) is 30.9. The second-order valence-corrected chi connectivity index (χ2v) is 20.6. The number of amides is 11. The van der Waals surface area contributed by atoms with Crippen LogP contribution in [-0.2, 0) is 65.6 Å². The molecule has 88 heavy (non-hydrogen) atoms. The summed E-state index contributed by atoms with van der Waals surface area (Å²) in [4.78, 5) is 153.